The van der Waals surface area contributed by atoms with Gasteiger partial charge in [-0.05, 0) is 67.9 Å². The monoisotopic (exact) mass is 282 g/mol. The molecule has 2 aromatic rings. The van der Waals surface area contributed by atoms with Gasteiger partial charge in [0.05, 0.1) is 12.3 Å². The molecule has 3 nitrogen and oxygen atoms in total. The van der Waals surface area contributed by atoms with Crippen molar-refractivity contribution >= 4 is 17.6 Å². The van der Waals surface area contributed by atoms with E-state index in [9.17, 15) is 0 Å². The second-order valence-electron chi connectivity index (χ2n) is 4.79. The molecule has 0 heterocycles. The molecule has 0 saturated heterocycles. The molecule has 2 rings (SSSR count). The number of rotatable bonds is 6. The van der Waals surface area contributed by atoms with Crippen LogP contribution in [0.25, 0.3) is 0 Å². The molecule has 110 valence electrons. The SMILES string of the molecule is CCOc1ccc(C=Nc2ccc(N(C)CC)cc2)cc1. The smallest absolute Gasteiger partial charge is 0.119 e. The number of anilines is 1. The average molecular weight is 282 g/mol. The highest BCUT2D eigenvalue weighted by molar-refractivity contribution is 5.82. The average Bonchev–Trinajstić information content (AvgIpc) is 2.54. The maximum atomic E-state index is 5.42. The Morgan fingerprint density at radius 3 is 2.24 bits per heavy atom. The minimum absolute atomic E-state index is 0.686. The van der Waals surface area contributed by atoms with Crippen LogP contribution in [0.3, 0.4) is 0 Å². The molecule has 0 radical (unpaired) electrons. The van der Waals surface area contributed by atoms with E-state index in [1.807, 2.05) is 49.5 Å². The van der Waals surface area contributed by atoms with Crippen molar-refractivity contribution in [2.24, 2.45) is 4.99 Å². The molecule has 0 unspecified atom stereocenters. The van der Waals surface area contributed by atoms with Crippen LogP contribution < -0.4 is 9.64 Å². The maximum Gasteiger partial charge on any atom is 0.119 e. The molecule has 2 aromatic carbocycles. The highest BCUT2D eigenvalue weighted by atomic mass is 16.5. The molecule has 0 bridgehead atoms. The summed E-state index contributed by atoms with van der Waals surface area (Å²) in [7, 11) is 2.08. The van der Waals surface area contributed by atoms with Crippen molar-refractivity contribution in [2.75, 3.05) is 25.1 Å². The van der Waals surface area contributed by atoms with Crippen molar-refractivity contribution in [1.29, 1.82) is 0 Å². The van der Waals surface area contributed by atoms with Crippen LogP contribution in [0.5, 0.6) is 5.75 Å². The summed E-state index contributed by atoms with van der Waals surface area (Å²) in [5.41, 5.74) is 3.22. The molecule has 0 atom stereocenters. The second kappa shape index (κ2) is 7.48. The Kier molecular flexibility index (Phi) is 5.38. The molecule has 3 heteroatoms. The Balaban J connectivity index is 2.03. The number of nitrogens with zero attached hydrogens (tertiary/aromatic N) is 2. The summed E-state index contributed by atoms with van der Waals surface area (Å²) >= 11 is 0. The summed E-state index contributed by atoms with van der Waals surface area (Å²) in [6.45, 7) is 5.80. The predicted octanol–water partition coefficient (Wildman–Crippen LogP) is 4.29. The first-order valence-electron chi connectivity index (χ1n) is 7.31. The molecule has 0 saturated carbocycles. The van der Waals surface area contributed by atoms with Gasteiger partial charge in [-0.15, -0.1) is 0 Å². The van der Waals surface area contributed by atoms with E-state index < -0.39 is 0 Å². The van der Waals surface area contributed by atoms with E-state index in [1.165, 1.54) is 5.69 Å². The standard InChI is InChI=1S/C18H22N2O/c1-4-20(3)17-10-8-16(9-11-17)19-14-15-6-12-18(13-7-15)21-5-2/h6-14H,4-5H2,1-3H3. The minimum Gasteiger partial charge on any atom is -0.494 e. The van der Waals surface area contributed by atoms with E-state index in [0.717, 1.165) is 23.5 Å². The lowest BCUT2D eigenvalue weighted by atomic mass is 10.2. The van der Waals surface area contributed by atoms with Crippen molar-refractivity contribution in [1.82, 2.24) is 0 Å². The van der Waals surface area contributed by atoms with Crippen molar-refractivity contribution in [3.8, 4) is 5.75 Å². The van der Waals surface area contributed by atoms with E-state index >= 15 is 0 Å². The van der Waals surface area contributed by atoms with E-state index in [2.05, 4.69) is 36.0 Å². The Morgan fingerprint density at radius 1 is 1.00 bits per heavy atom. The lowest BCUT2D eigenvalue weighted by Gasteiger charge is -2.16. The lowest BCUT2D eigenvalue weighted by Crippen LogP contribution is -2.15. The van der Waals surface area contributed by atoms with E-state index in [4.69, 9.17) is 4.74 Å². The van der Waals surface area contributed by atoms with Gasteiger partial charge in [0.1, 0.15) is 5.75 Å². The number of aliphatic imine (C=N–C) groups is 1. The van der Waals surface area contributed by atoms with Gasteiger partial charge in [0.25, 0.3) is 0 Å². The summed E-state index contributed by atoms with van der Waals surface area (Å²) in [5, 5.41) is 0. The van der Waals surface area contributed by atoms with Crippen LogP contribution in [-0.4, -0.2) is 26.4 Å². The fourth-order valence-corrected chi connectivity index (χ4v) is 1.94. The van der Waals surface area contributed by atoms with Crippen LogP contribution >= 0.6 is 0 Å². The zero-order chi connectivity index (χ0) is 15.1. The molecule has 0 fully saturated rings. The Hall–Kier alpha value is -2.29. The van der Waals surface area contributed by atoms with Gasteiger partial charge in [0.2, 0.25) is 0 Å². The van der Waals surface area contributed by atoms with Crippen LogP contribution in [0.1, 0.15) is 19.4 Å². The van der Waals surface area contributed by atoms with Crippen LogP contribution in [0.15, 0.2) is 53.5 Å². The summed E-state index contributed by atoms with van der Waals surface area (Å²) < 4.78 is 5.42. The fraction of sp³-hybridized carbons (Fsp3) is 0.278. The number of ether oxygens (including phenoxy) is 1. The second-order valence-corrected chi connectivity index (χ2v) is 4.79. The summed E-state index contributed by atoms with van der Waals surface area (Å²) in [4.78, 5) is 6.69. The Bertz CT molecular complexity index is 573. The van der Waals surface area contributed by atoms with Crippen LogP contribution in [0, 0.1) is 0 Å². The van der Waals surface area contributed by atoms with Crippen molar-refractivity contribution in [2.45, 2.75) is 13.8 Å². The Morgan fingerprint density at radius 2 is 1.67 bits per heavy atom. The van der Waals surface area contributed by atoms with Crippen molar-refractivity contribution < 1.29 is 4.74 Å². The molecular weight excluding hydrogens is 260 g/mol. The van der Waals surface area contributed by atoms with Crippen LogP contribution in [-0.2, 0) is 0 Å². The number of hydrogen-bond acceptors (Lipinski definition) is 3. The summed E-state index contributed by atoms with van der Waals surface area (Å²) in [6, 6.07) is 16.2. The van der Waals surface area contributed by atoms with E-state index in [0.29, 0.717) is 6.61 Å². The molecule has 0 N–H and O–H groups in total. The third kappa shape index (κ3) is 4.35. The molecule has 0 aliphatic carbocycles. The Labute approximate surface area is 126 Å². The summed E-state index contributed by atoms with van der Waals surface area (Å²) in [5.74, 6) is 0.890. The van der Waals surface area contributed by atoms with Crippen molar-refractivity contribution in [3.05, 3.63) is 54.1 Å². The highest BCUT2D eigenvalue weighted by Crippen LogP contribution is 2.19. The molecular formula is C18H22N2O. The van der Waals surface area contributed by atoms with Gasteiger partial charge in [0, 0.05) is 25.5 Å². The quantitative estimate of drug-likeness (QED) is 0.738. The van der Waals surface area contributed by atoms with Gasteiger partial charge in [-0.1, -0.05) is 0 Å². The highest BCUT2D eigenvalue weighted by Gasteiger charge is 1.97. The molecule has 0 aliphatic rings. The minimum atomic E-state index is 0.686. The predicted molar refractivity (Wildman–Crippen MR) is 90.3 cm³/mol. The largest absolute Gasteiger partial charge is 0.494 e. The number of hydrogen-bond donors (Lipinski definition) is 0. The van der Waals surface area contributed by atoms with Gasteiger partial charge in [-0.3, -0.25) is 4.99 Å². The third-order valence-electron chi connectivity index (χ3n) is 3.32. The van der Waals surface area contributed by atoms with Gasteiger partial charge in [-0.2, -0.15) is 0 Å². The normalized spacial score (nSPS) is 10.8. The molecule has 0 aliphatic heterocycles. The van der Waals surface area contributed by atoms with Crippen molar-refractivity contribution in [3.63, 3.8) is 0 Å². The first kappa shape index (κ1) is 15.1. The molecule has 0 amide bonds. The molecule has 21 heavy (non-hydrogen) atoms. The first-order valence-corrected chi connectivity index (χ1v) is 7.31. The fourth-order valence-electron chi connectivity index (χ4n) is 1.94. The zero-order valence-corrected chi connectivity index (χ0v) is 12.9. The maximum absolute atomic E-state index is 5.42. The first-order chi connectivity index (χ1) is 10.2. The lowest BCUT2D eigenvalue weighted by molar-refractivity contribution is 0.340. The molecule has 0 spiro atoms. The zero-order valence-electron chi connectivity index (χ0n) is 12.9. The summed E-state index contributed by atoms with van der Waals surface area (Å²) in [6.07, 6.45) is 1.87. The van der Waals surface area contributed by atoms with E-state index in [-0.39, 0.29) is 0 Å². The van der Waals surface area contributed by atoms with Crippen LogP contribution in [0.4, 0.5) is 11.4 Å². The van der Waals surface area contributed by atoms with Gasteiger partial charge < -0.3 is 9.64 Å². The van der Waals surface area contributed by atoms with Gasteiger partial charge >= 0.3 is 0 Å². The number of benzene rings is 2. The van der Waals surface area contributed by atoms with E-state index in [1.54, 1.807) is 0 Å². The van der Waals surface area contributed by atoms with Gasteiger partial charge in [-0.25, -0.2) is 0 Å². The topological polar surface area (TPSA) is 24.8 Å². The van der Waals surface area contributed by atoms with Crippen LogP contribution in [0.2, 0.25) is 0 Å². The molecule has 0 aromatic heterocycles. The third-order valence-corrected chi connectivity index (χ3v) is 3.32. The van der Waals surface area contributed by atoms with Gasteiger partial charge in [0.15, 0.2) is 0 Å².